The van der Waals surface area contributed by atoms with Crippen LogP contribution in [0.4, 0.5) is 29.1 Å². The molecule has 1 aliphatic heterocycles. The first-order valence-corrected chi connectivity index (χ1v) is 9.94. The molecule has 0 spiro atoms. The zero-order chi connectivity index (χ0) is 22.8. The molecule has 5 nitrogen and oxygen atoms in total. The second-order valence-corrected chi connectivity index (χ2v) is 7.40. The van der Waals surface area contributed by atoms with Gasteiger partial charge in [-0.3, -0.25) is 4.79 Å². The first kappa shape index (κ1) is 21.8. The average molecular weight is 445 g/mol. The van der Waals surface area contributed by atoms with Crippen molar-refractivity contribution in [3.63, 3.8) is 0 Å². The van der Waals surface area contributed by atoms with Gasteiger partial charge in [0.1, 0.15) is 11.6 Å². The van der Waals surface area contributed by atoms with Gasteiger partial charge >= 0.3 is 0 Å². The largest absolute Gasteiger partial charge is 0.395 e. The fraction of sp³-hybridized carbons (Fsp3) is 0.217. The van der Waals surface area contributed by atoms with Crippen LogP contribution < -0.4 is 10.2 Å². The van der Waals surface area contributed by atoms with E-state index in [9.17, 15) is 22.4 Å². The average Bonchev–Trinajstić information content (AvgIpc) is 3.19. The van der Waals surface area contributed by atoms with Crippen LogP contribution in [0.15, 0.2) is 42.6 Å². The lowest BCUT2D eigenvalue weighted by atomic mass is 10.0. The van der Waals surface area contributed by atoms with Crippen LogP contribution in [-0.4, -0.2) is 35.7 Å². The molecule has 1 amide bonds. The minimum absolute atomic E-state index is 0.0575. The molecule has 1 aromatic heterocycles. The highest BCUT2D eigenvalue weighted by Gasteiger charge is 2.27. The molecule has 0 fully saturated rings. The third kappa shape index (κ3) is 4.29. The number of carbonyl (C=O) groups excluding carboxylic acids is 1. The smallest absolute Gasteiger partial charge is 0.251 e. The van der Waals surface area contributed by atoms with Gasteiger partial charge in [0.25, 0.3) is 5.91 Å². The van der Waals surface area contributed by atoms with E-state index >= 15 is 0 Å². The summed E-state index contributed by atoms with van der Waals surface area (Å²) < 4.78 is 54.6. The van der Waals surface area contributed by atoms with Gasteiger partial charge in [-0.1, -0.05) is 0 Å². The Morgan fingerprint density at radius 3 is 2.53 bits per heavy atom. The zero-order valence-electron chi connectivity index (χ0n) is 16.8. The maximum absolute atomic E-state index is 14.3. The van der Waals surface area contributed by atoms with Gasteiger partial charge in [0.05, 0.1) is 6.61 Å². The minimum atomic E-state index is -1.52. The van der Waals surface area contributed by atoms with Crippen LogP contribution >= 0.6 is 0 Å². The van der Waals surface area contributed by atoms with Crippen molar-refractivity contribution in [3.05, 3.63) is 88.1 Å². The minimum Gasteiger partial charge on any atom is -0.395 e. The van der Waals surface area contributed by atoms with Crippen LogP contribution in [0.5, 0.6) is 0 Å². The lowest BCUT2D eigenvalue weighted by Gasteiger charge is -2.20. The SMILES string of the molecule is O=C(NCCO)c1cc(F)cc2c1CCN2c1cc(Cc2cc(F)c(F)c(F)c2)ccn1. The van der Waals surface area contributed by atoms with E-state index < -0.39 is 29.2 Å². The van der Waals surface area contributed by atoms with Crippen molar-refractivity contribution in [2.75, 3.05) is 24.6 Å². The van der Waals surface area contributed by atoms with Crippen molar-refractivity contribution in [1.82, 2.24) is 10.3 Å². The summed E-state index contributed by atoms with van der Waals surface area (Å²) in [4.78, 5) is 18.5. The topological polar surface area (TPSA) is 65.5 Å². The number of halogens is 4. The maximum Gasteiger partial charge on any atom is 0.251 e. The molecular formula is C23H19F4N3O2. The predicted octanol–water partition coefficient (Wildman–Crippen LogP) is 3.65. The molecule has 0 saturated heterocycles. The van der Waals surface area contributed by atoms with Crippen molar-refractivity contribution in [3.8, 4) is 0 Å². The third-order valence-electron chi connectivity index (χ3n) is 5.25. The Kier molecular flexibility index (Phi) is 6.09. The summed E-state index contributed by atoms with van der Waals surface area (Å²) in [5.74, 6) is -4.61. The number of aliphatic hydroxyl groups is 1. The van der Waals surface area contributed by atoms with Crippen LogP contribution in [0.25, 0.3) is 0 Å². The highest BCUT2D eigenvalue weighted by molar-refractivity contribution is 5.98. The second kappa shape index (κ2) is 8.96. The molecule has 4 rings (SSSR count). The fourth-order valence-corrected chi connectivity index (χ4v) is 3.84. The van der Waals surface area contributed by atoms with E-state index in [0.717, 1.165) is 18.2 Å². The van der Waals surface area contributed by atoms with Crippen LogP contribution in [0.3, 0.4) is 0 Å². The van der Waals surface area contributed by atoms with Crippen molar-refractivity contribution in [1.29, 1.82) is 0 Å². The molecule has 2 heterocycles. The third-order valence-corrected chi connectivity index (χ3v) is 5.25. The predicted molar refractivity (Wildman–Crippen MR) is 110 cm³/mol. The Labute approximate surface area is 181 Å². The first-order valence-electron chi connectivity index (χ1n) is 9.94. The van der Waals surface area contributed by atoms with Gasteiger partial charge in [-0.2, -0.15) is 0 Å². The van der Waals surface area contributed by atoms with E-state index in [1.54, 1.807) is 17.0 Å². The molecule has 0 saturated carbocycles. The molecule has 0 atom stereocenters. The number of benzene rings is 2. The molecular weight excluding hydrogens is 426 g/mol. The van der Waals surface area contributed by atoms with E-state index in [1.165, 1.54) is 12.3 Å². The first-order chi connectivity index (χ1) is 15.4. The lowest BCUT2D eigenvalue weighted by molar-refractivity contribution is 0.0943. The number of hydrogen-bond donors (Lipinski definition) is 2. The summed E-state index contributed by atoms with van der Waals surface area (Å²) in [6.45, 7) is 0.283. The molecule has 2 N–H and O–H groups in total. The van der Waals surface area contributed by atoms with Crippen LogP contribution in [0.2, 0.25) is 0 Å². The number of nitrogens with one attached hydrogen (secondary N) is 1. The molecule has 3 aromatic rings. The van der Waals surface area contributed by atoms with E-state index in [0.29, 0.717) is 35.6 Å². The van der Waals surface area contributed by atoms with E-state index in [-0.39, 0.29) is 30.7 Å². The normalized spacial score (nSPS) is 12.7. The van der Waals surface area contributed by atoms with Gasteiger partial charge in [0, 0.05) is 30.5 Å². The van der Waals surface area contributed by atoms with Gasteiger partial charge < -0.3 is 15.3 Å². The Balaban J connectivity index is 1.63. The zero-order valence-corrected chi connectivity index (χ0v) is 16.8. The van der Waals surface area contributed by atoms with E-state index in [2.05, 4.69) is 10.3 Å². The molecule has 0 radical (unpaired) electrons. The molecule has 166 valence electrons. The molecule has 2 aromatic carbocycles. The Hall–Kier alpha value is -3.46. The number of pyridine rings is 1. The Morgan fingerprint density at radius 1 is 1.06 bits per heavy atom. The summed E-state index contributed by atoms with van der Waals surface area (Å²) in [6.07, 6.45) is 2.15. The molecule has 9 heteroatoms. The van der Waals surface area contributed by atoms with Crippen LogP contribution in [0, 0.1) is 23.3 Å². The molecule has 0 bridgehead atoms. The number of fused-ring (bicyclic) bond motifs is 1. The number of carbonyl (C=O) groups is 1. The fourth-order valence-electron chi connectivity index (χ4n) is 3.84. The van der Waals surface area contributed by atoms with Gasteiger partial charge in [0.15, 0.2) is 17.5 Å². The van der Waals surface area contributed by atoms with E-state index in [4.69, 9.17) is 5.11 Å². The number of anilines is 2. The number of hydrogen-bond acceptors (Lipinski definition) is 4. The summed E-state index contributed by atoms with van der Waals surface area (Å²) in [7, 11) is 0. The summed E-state index contributed by atoms with van der Waals surface area (Å²) in [5.41, 5.74) is 2.30. The monoisotopic (exact) mass is 445 g/mol. The number of amides is 1. The Bertz CT molecular complexity index is 1160. The standard InChI is InChI=1S/C23H19F4N3O2/c24-15-11-17(23(32)29-4-6-31)16-2-5-30(20(16)12-15)21-10-13(1-3-28-21)7-14-8-18(25)22(27)19(26)9-14/h1,3,8-12,31H,2,4-7H2,(H,29,32). The maximum atomic E-state index is 14.3. The van der Waals surface area contributed by atoms with Crippen molar-refractivity contribution >= 4 is 17.4 Å². The second-order valence-electron chi connectivity index (χ2n) is 7.40. The lowest BCUT2D eigenvalue weighted by Crippen LogP contribution is -2.27. The summed E-state index contributed by atoms with van der Waals surface area (Å²) in [5, 5.41) is 11.4. The molecule has 32 heavy (non-hydrogen) atoms. The number of nitrogens with zero attached hydrogens (tertiary/aromatic N) is 2. The molecule has 0 unspecified atom stereocenters. The van der Waals surface area contributed by atoms with Gasteiger partial charge in [-0.25, -0.2) is 22.5 Å². The number of aliphatic hydroxyl groups excluding tert-OH is 1. The number of rotatable bonds is 6. The number of aromatic nitrogens is 1. The van der Waals surface area contributed by atoms with E-state index in [1.807, 2.05) is 0 Å². The van der Waals surface area contributed by atoms with Crippen LogP contribution in [0.1, 0.15) is 27.0 Å². The quantitative estimate of drug-likeness (QED) is 0.449. The highest BCUT2D eigenvalue weighted by atomic mass is 19.2. The highest BCUT2D eigenvalue weighted by Crippen LogP contribution is 2.36. The Morgan fingerprint density at radius 2 is 1.81 bits per heavy atom. The van der Waals surface area contributed by atoms with Crippen molar-refractivity contribution in [2.45, 2.75) is 12.8 Å². The van der Waals surface area contributed by atoms with Crippen molar-refractivity contribution in [2.24, 2.45) is 0 Å². The molecule has 1 aliphatic rings. The van der Waals surface area contributed by atoms with Crippen LogP contribution in [-0.2, 0) is 12.8 Å². The van der Waals surface area contributed by atoms with Crippen molar-refractivity contribution < 1.29 is 27.5 Å². The summed E-state index contributed by atoms with van der Waals surface area (Å²) >= 11 is 0. The van der Waals surface area contributed by atoms with Gasteiger partial charge in [-0.15, -0.1) is 0 Å². The molecule has 0 aliphatic carbocycles. The summed E-state index contributed by atoms with van der Waals surface area (Å²) in [6, 6.07) is 7.73. The van der Waals surface area contributed by atoms with Gasteiger partial charge in [0.2, 0.25) is 0 Å². The van der Waals surface area contributed by atoms with Gasteiger partial charge in [-0.05, 0) is 65.9 Å².